The number of amides is 1. The van der Waals surface area contributed by atoms with Gasteiger partial charge in [-0.3, -0.25) is 4.79 Å². The van der Waals surface area contributed by atoms with Gasteiger partial charge in [0.25, 0.3) is 0 Å². The highest BCUT2D eigenvalue weighted by molar-refractivity contribution is 9.10. The molecule has 1 amide bonds. The Labute approximate surface area is 118 Å². The molecule has 1 aromatic heterocycles. The van der Waals surface area contributed by atoms with Gasteiger partial charge in [-0.2, -0.15) is 4.80 Å². The molecule has 6 nitrogen and oxygen atoms in total. The first-order chi connectivity index (χ1) is 9.22. The van der Waals surface area contributed by atoms with Crippen molar-refractivity contribution in [3.8, 4) is 11.4 Å². The molecule has 1 saturated heterocycles. The summed E-state index contributed by atoms with van der Waals surface area (Å²) in [7, 11) is 0. The fraction of sp³-hybridized carbons (Fsp3) is 0.333. The van der Waals surface area contributed by atoms with E-state index in [1.807, 2.05) is 24.3 Å². The first-order valence-corrected chi connectivity index (χ1v) is 6.83. The van der Waals surface area contributed by atoms with E-state index >= 15 is 0 Å². The fourth-order valence-electron chi connectivity index (χ4n) is 1.81. The minimum absolute atomic E-state index is 0.0472. The van der Waals surface area contributed by atoms with Gasteiger partial charge in [-0.05, 0) is 35.9 Å². The lowest BCUT2D eigenvalue weighted by Gasteiger charge is -2.30. The van der Waals surface area contributed by atoms with Crippen LogP contribution in [0.4, 0.5) is 0 Å². The lowest BCUT2D eigenvalue weighted by Crippen LogP contribution is -2.43. The number of likely N-dealkylation sites (tertiary alicyclic amines) is 1. The van der Waals surface area contributed by atoms with Crippen LogP contribution in [0.3, 0.4) is 0 Å². The summed E-state index contributed by atoms with van der Waals surface area (Å²) in [6, 6.07) is 7.65. The molecule has 0 unspecified atom stereocenters. The number of hydrogen-bond acceptors (Lipinski definition) is 4. The monoisotopic (exact) mass is 321 g/mol. The molecule has 0 N–H and O–H groups in total. The second-order valence-electron chi connectivity index (χ2n) is 4.38. The van der Waals surface area contributed by atoms with Crippen LogP contribution in [0.25, 0.3) is 11.4 Å². The molecule has 1 aliphatic heterocycles. The van der Waals surface area contributed by atoms with Gasteiger partial charge in [0.1, 0.15) is 6.54 Å². The predicted molar refractivity (Wildman–Crippen MR) is 72.2 cm³/mol. The number of halogens is 1. The van der Waals surface area contributed by atoms with Gasteiger partial charge in [0.05, 0.1) is 0 Å². The van der Waals surface area contributed by atoms with Crippen LogP contribution >= 0.6 is 15.9 Å². The average molecular weight is 322 g/mol. The zero-order chi connectivity index (χ0) is 13.2. The normalized spacial score (nSPS) is 14.3. The quantitative estimate of drug-likeness (QED) is 0.855. The molecule has 3 rings (SSSR count). The molecule has 19 heavy (non-hydrogen) atoms. The second kappa shape index (κ2) is 5.08. The molecule has 2 aromatic rings. The van der Waals surface area contributed by atoms with Crippen LogP contribution in [0.2, 0.25) is 0 Å². The number of carbonyl (C=O) groups excluding carboxylic acids is 1. The van der Waals surface area contributed by atoms with E-state index in [9.17, 15) is 4.79 Å². The van der Waals surface area contributed by atoms with Crippen LogP contribution < -0.4 is 0 Å². The Morgan fingerprint density at radius 3 is 2.63 bits per heavy atom. The van der Waals surface area contributed by atoms with Crippen LogP contribution in [0, 0.1) is 0 Å². The molecular formula is C12H12BrN5O. The fourth-order valence-corrected chi connectivity index (χ4v) is 2.08. The Hall–Kier alpha value is -1.76. The van der Waals surface area contributed by atoms with Gasteiger partial charge in [-0.1, -0.05) is 15.9 Å². The molecule has 1 aromatic carbocycles. The van der Waals surface area contributed by atoms with E-state index in [1.54, 1.807) is 4.90 Å². The molecule has 1 aliphatic rings. The summed E-state index contributed by atoms with van der Waals surface area (Å²) in [6.07, 6.45) is 1.08. The van der Waals surface area contributed by atoms with Gasteiger partial charge >= 0.3 is 0 Å². The Morgan fingerprint density at radius 1 is 1.26 bits per heavy atom. The van der Waals surface area contributed by atoms with E-state index in [1.165, 1.54) is 4.80 Å². The van der Waals surface area contributed by atoms with Gasteiger partial charge in [-0.15, -0.1) is 10.2 Å². The summed E-state index contributed by atoms with van der Waals surface area (Å²) in [5.74, 6) is 0.579. The molecule has 98 valence electrons. The number of hydrogen-bond donors (Lipinski definition) is 0. The zero-order valence-corrected chi connectivity index (χ0v) is 11.7. The molecule has 2 heterocycles. The van der Waals surface area contributed by atoms with E-state index in [4.69, 9.17) is 0 Å². The highest BCUT2D eigenvalue weighted by Crippen LogP contribution is 2.17. The smallest absolute Gasteiger partial charge is 0.246 e. The van der Waals surface area contributed by atoms with Crippen molar-refractivity contribution in [2.24, 2.45) is 0 Å². The zero-order valence-electron chi connectivity index (χ0n) is 10.2. The standard InChI is InChI=1S/C12H12BrN5O/c13-10-4-2-9(3-5-10)12-14-16-18(15-12)8-11(19)17-6-1-7-17/h2-5H,1,6-8H2. The topological polar surface area (TPSA) is 63.9 Å². The molecule has 0 spiro atoms. The molecule has 0 atom stereocenters. The summed E-state index contributed by atoms with van der Waals surface area (Å²) >= 11 is 3.37. The van der Waals surface area contributed by atoms with Crippen molar-refractivity contribution in [3.63, 3.8) is 0 Å². The number of aromatic nitrogens is 4. The molecular weight excluding hydrogens is 310 g/mol. The largest absolute Gasteiger partial charge is 0.341 e. The molecule has 1 fully saturated rings. The Kier molecular flexibility index (Phi) is 3.29. The Bertz CT molecular complexity index is 590. The molecule has 7 heteroatoms. The summed E-state index contributed by atoms with van der Waals surface area (Å²) in [4.78, 5) is 14.9. The highest BCUT2D eigenvalue weighted by atomic mass is 79.9. The lowest BCUT2D eigenvalue weighted by atomic mass is 10.2. The second-order valence-corrected chi connectivity index (χ2v) is 5.30. The van der Waals surface area contributed by atoms with Crippen LogP contribution in [-0.2, 0) is 11.3 Å². The number of tetrazole rings is 1. The van der Waals surface area contributed by atoms with E-state index in [2.05, 4.69) is 31.3 Å². The first kappa shape index (κ1) is 12.3. The maximum Gasteiger partial charge on any atom is 0.246 e. The third-order valence-electron chi connectivity index (χ3n) is 3.04. The average Bonchev–Trinajstić information content (AvgIpc) is 2.76. The van der Waals surface area contributed by atoms with Crippen LogP contribution in [0.15, 0.2) is 28.7 Å². The number of rotatable bonds is 3. The summed E-state index contributed by atoms with van der Waals surface area (Å²) < 4.78 is 0.997. The summed E-state index contributed by atoms with van der Waals surface area (Å²) in [5.41, 5.74) is 0.880. The van der Waals surface area contributed by atoms with Crippen LogP contribution in [0.1, 0.15) is 6.42 Å². The molecule has 0 saturated carbocycles. The SMILES string of the molecule is O=C(Cn1nnc(-c2ccc(Br)cc2)n1)N1CCC1. The van der Waals surface area contributed by atoms with Crippen molar-refractivity contribution in [3.05, 3.63) is 28.7 Å². The first-order valence-electron chi connectivity index (χ1n) is 6.04. The van der Waals surface area contributed by atoms with E-state index in [0.29, 0.717) is 5.82 Å². The Morgan fingerprint density at radius 2 is 2.00 bits per heavy atom. The third kappa shape index (κ3) is 2.65. The highest BCUT2D eigenvalue weighted by Gasteiger charge is 2.21. The maximum absolute atomic E-state index is 11.8. The van der Waals surface area contributed by atoms with Crippen molar-refractivity contribution in [1.29, 1.82) is 0 Å². The van der Waals surface area contributed by atoms with E-state index in [0.717, 1.165) is 29.5 Å². The number of benzene rings is 1. The summed E-state index contributed by atoms with van der Waals surface area (Å²) in [6.45, 7) is 1.84. The van der Waals surface area contributed by atoms with Crippen molar-refractivity contribution in [2.45, 2.75) is 13.0 Å². The minimum Gasteiger partial charge on any atom is -0.341 e. The van der Waals surface area contributed by atoms with Crippen LogP contribution in [0.5, 0.6) is 0 Å². The van der Waals surface area contributed by atoms with Gasteiger partial charge in [-0.25, -0.2) is 0 Å². The van der Waals surface area contributed by atoms with Gasteiger partial charge < -0.3 is 4.90 Å². The molecule has 0 aliphatic carbocycles. The molecule has 0 bridgehead atoms. The van der Waals surface area contributed by atoms with E-state index < -0.39 is 0 Å². The third-order valence-corrected chi connectivity index (χ3v) is 3.57. The summed E-state index contributed by atoms with van der Waals surface area (Å²) in [5, 5.41) is 12.1. The maximum atomic E-state index is 11.8. The lowest BCUT2D eigenvalue weighted by molar-refractivity contribution is -0.135. The van der Waals surface area contributed by atoms with Crippen molar-refractivity contribution in [2.75, 3.05) is 13.1 Å². The molecule has 0 radical (unpaired) electrons. The number of nitrogens with zero attached hydrogens (tertiary/aromatic N) is 5. The van der Waals surface area contributed by atoms with Crippen molar-refractivity contribution >= 4 is 21.8 Å². The van der Waals surface area contributed by atoms with Crippen LogP contribution in [-0.4, -0.2) is 44.1 Å². The number of carbonyl (C=O) groups is 1. The van der Waals surface area contributed by atoms with E-state index in [-0.39, 0.29) is 12.5 Å². The van der Waals surface area contributed by atoms with Gasteiger partial charge in [0.15, 0.2) is 0 Å². The van der Waals surface area contributed by atoms with Crippen molar-refractivity contribution in [1.82, 2.24) is 25.1 Å². The van der Waals surface area contributed by atoms with Crippen molar-refractivity contribution < 1.29 is 4.79 Å². The predicted octanol–water partition coefficient (Wildman–Crippen LogP) is 1.33. The van der Waals surface area contributed by atoms with Gasteiger partial charge in [0.2, 0.25) is 11.7 Å². The Balaban J connectivity index is 1.72. The van der Waals surface area contributed by atoms with Gasteiger partial charge in [0, 0.05) is 23.1 Å². The minimum atomic E-state index is 0.0472.